The minimum atomic E-state index is -0.0460. The number of hydrogen-bond donors (Lipinski definition) is 0. The van der Waals surface area contributed by atoms with E-state index in [4.69, 9.17) is 4.42 Å². The number of para-hydroxylation sites is 2. The van der Waals surface area contributed by atoms with E-state index in [1.807, 2.05) is 0 Å². The molecule has 0 saturated heterocycles. The predicted octanol–water partition coefficient (Wildman–Crippen LogP) is 15.5. The van der Waals surface area contributed by atoms with Crippen LogP contribution in [-0.4, -0.2) is 11.3 Å². The summed E-state index contributed by atoms with van der Waals surface area (Å²) >= 11 is 0. The first kappa shape index (κ1) is 42.1. The molecule has 0 saturated carbocycles. The van der Waals surface area contributed by atoms with Gasteiger partial charge in [-0.15, -0.1) is 0 Å². The average molecular weight is 884 g/mol. The molecule has 8 aromatic carbocycles. The zero-order chi connectivity index (χ0) is 47.0. The van der Waals surface area contributed by atoms with Crippen molar-refractivity contribution in [3.63, 3.8) is 0 Å². The Morgan fingerprint density at radius 3 is 1.72 bits per heavy atom. The normalized spacial score (nSPS) is 13.4. The van der Waals surface area contributed by atoms with Crippen molar-refractivity contribution in [2.24, 2.45) is 0 Å². The Kier molecular flexibility index (Phi) is 9.22. The highest BCUT2D eigenvalue weighted by Gasteiger charge is 2.43. The van der Waals surface area contributed by atoms with Crippen molar-refractivity contribution in [1.29, 1.82) is 0 Å². The molecule has 2 aliphatic heterocycles. The summed E-state index contributed by atoms with van der Waals surface area (Å²) in [5.74, 6) is 0. The summed E-state index contributed by atoms with van der Waals surface area (Å²) in [4.78, 5) is 5.03. The van der Waals surface area contributed by atoms with Gasteiger partial charge in [0.15, 0.2) is 0 Å². The van der Waals surface area contributed by atoms with E-state index in [0.717, 1.165) is 39.4 Å². The van der Waals surface area contributed by atoms with Crippen molar-refractivity contribution in [1.82, 2.24) is 4.57 Å². The maximum Gasteiger partial charge on any atom is 0.252 e. The number of rotatable bonds is 5. The average Bonchev–Trinajstić information content (AvgIpc) is 3.85. The molecule has 12 rings (SSSR count). The lowest BCUT2D eigenvalue weighted by molar-refractivity contribution is 0.590. The first-order chi connectivity index (χ1) is 32.5. The molecule has 4 heterocycles. The van der Waals surface area contributed by atoms with E-state index < -0.39 is 0 Å². The summed E-state index contributed by atoms with van der Waals surface area (Å²) in [7, 11) is 0. The highest BCUT2D eigenvalue weighted by Crippen LogP contribution is 2.49. The van der Waals surface area contributed by atoms with Crippen LogP contribution in [0.15, 0.2) is 174 Å². The van der Waals surface area contributed by atoms with Crippen molar-refractivity contribution in [2.45, 2.75) is 85.5 Å². The number of hydrogen-bond acceptors (Lipinski definition) is 3. The molecule has 0 radical (unpaired) electrons. The first-order valence-electron chi connectivity index (χ1n) is 24.3. The third-order valence-corrected chi connectivity index (χ3v) is 14.7. The number of aromatic nitrogens is 1. The minimum Gasteiger partial charge on any atom is -0.439 e. The van der Waals surface area contributed by atoms with Gasteiger partial charge in [-0.25, -0.2) is 0 Å². The Bertz CT molecular complexity index is 3570. The lowest BCUT2D eigenvalue weighted by Crippen LogP contribution is -2.60. The van der Waals surface area contributed by atoms with E-state index in [9.17, 15) is 0 Å². The van der Waals surface area contributed by atoms with Crippen molar-refractivity contribution in [3.05, 3.63) is 192 Å². The monoisotopic (exact) mass is 883 g/mol. The van der Waals surface area contributed by atoms with Crippen LogP contribution >= 0.6 is 0 Å². The standard InChI is InChI=1S/C63H58BN3O/c1-39-35-54-58-55(36-39)67-59-48(57-47-19-14-15-22-56(47)68-60(57)67)20-16-21-51(59)64(58)50-33-32-46(38-53(50)66(54)52-34-27-43(63(8,9)10)37-49(52)40-17-12-11-13-18-40)65(44-28-23-41(24-29-44)61(2,3)4)45-30-25-42(26-31-45)62(5,6)7/h11-38H,1-10H3. The van der Waals surface area contributed by atoms with Crippen LogP contribution < -0.4 is 26.2 Å². The number of benzene rings is 8. The van der Waals surface area contributed by atoms with Crippen LogP contribution in [-0.2, 0) is 16.2 Å². The van der Waals surface area contributed by atoms with Gasteiger partial charge >= 0.3 is 0 Å². The maximum absolute atomic E-state index is 6.90. The van der Waals surface area contributed by atoms with Crippen molar-refractivity contribution in [2.75, 3.05) is 9.80 Å². The molecule has 0 N–H and O–H groups in total. The molecule has 0 amide bonds. The second kappa shape index (κ2) is 14.9. The summed E-state index contributed by atoms with van der Waals surface area (Å²) in [5, 5.41) is 3.55. The predicted molar refractivity (Wildman–Crippen MR) is 291 cm³/mol. The fourth-order valence-corrected chi connectivity index (χ4v) is 11.1. The van der Waals surface area contributed by atoms with E-state index in [2.05, 4.69) is 253 Å². The van der Waals surface area contributed by atoms with Gasteiger partial charge in [-0.3, -0.25) is 4.57 Å². The summed E-state index contributed by atoms with van der Waals surface area (Å²) in [6.07, 6.45) is 0. The molecule has 0 aliphatic carbocycles. The van der Waals surface area contributed by atoms with Crippen LogP contribution in [0.2, 0.25) is 0 Å². The van der Waals surface area contributed by atoms with Crippen LogP contribution in [0.25, 0.3) is 49.8 Å². The van der Waals surface area contributed by atoms with Gasteiger partial charge in [0.25, 0.3) is 6.71 Å². The van der Waals surface area contributed by atoms with Gasteiger partial charge in [0.05, 0.1) is 16.6 Å². The Labute approximate surface area is 401 Å². The van der Waals surface area contributed by atoms with Crippen LogP contribution in [0.4, 0.5) is 34.1 Å². The lowest BCUT2D eigenvalue weighted by Gasteiger charge is -2.42. The fourth-order valence-electron chi connectivity index (χ4n) is 11.1. The van der Waals surface area contributed by atoms with Crippen molar-refractivity contribution < 1.29 is 4.42 Å². The molecule has 2 aromatic heterocycles. The minimum absolute atomic E-state index is 0.0259. The molecule has 0 unspecified atom stereocenters. The highest BCUT2D eigenvalue weighted by molar-refractivity contribution is 7.00. The van der Waals surface area contributed by atoms with Gasteiger partial charge in [0.2, 0.25) is 5.71 Å². The Balaban J connectivity index is 1.17. The third-order valence-electron chi connectivity index (χ3n) is 14.7. The molecule has 0 atom stereocenters. The smallest absolute Gasteiger partial charge is 0.252 e. The molecule has 5 heteroatoms. The molecule has 0 fully saturated rings. The highest BCUT2D eigenvalue weighted by atomic mass is 16.3. The van der Waals surface area contributed by atoms with Gasteiger partial charge in [0, 0.05) is 50.5 Å². The van der Waals surface area contributed by atoms with E-state index in [1.54, 1.807) is 0 Å². The molecule has 334 valence electrons. The van der Waals surface area contributed by atoms with Gasteiger partial charge < -0.3 is 14.2 Å². The van der Waals surface area contributed by atoms with Crippen LogP contribution in [0.5, 0.6) is 0 Å². The molecule has 68 heavy (non-hydrogen) atoms. The van der Waals surface area contributed by atoms with Crippen molar-refractivity contribution in [3.8, 4) is 16.8 Å². The second-order valence-corrected chi connectivity index (χ2v) is 22.4. The summed E-state index contributed by atoms with van der Waals surface area (Å²) in [6.45, 7) is 22.9. The Morgan fingerprint density at radius 1 is 0.471 bits per heavy atom. The fraction of sp³-hybridized carbons (Fsp3) is 0.206. The molecular formula is C63H58BN3O. The second-order valence-electron chi connectivity index (χ2n) is 22.4. The van der Waals surface area contributed by atoms with Crippen LogP contribution in [0.3, 0.4) is 0 Å². The first-order valence-corrected chi connectivity index (χ1v) is 24.3. The SMILES string of the molecule is Cc1cc2c3c(c1)-n1c4oc5ccccc5c4c4cccc(c41)B3c1ccc(N(c3ccc(C(C)(C)C)cc3)c3ccc(C(C)(C)C)cc3)cc1N2c1ccc(C(C)(C)C)cc1-c1ccccc1. The largest absolute Gasteiger partial charge is 0.439 e. The number of fused-ring (bicyclic) bond motifs is 9. The van der Waals surface area contributed by atoms with Gasteiger partial charge in [-0.05, 0) is 134 Å². The van der Waals surface area contributed by atoms with E-state index >= 15 is 0 Å². The Hall–Kier alpha value is -7.24. The zero-order valence-corrected chi connectivity index (χ0v) is 41.0. The maximum atomic E-state index is 6.90. The van der Waals surface area contributed by atoms with Gasteiger partial charge in [-0.2, -0.15) is 0 Å². The quantitative estimate of drug-likeness (QED) is 0.161. The topological polar surface area (TPSA) is 24.6 Å². The zero-order valence-electron chi connectivity index (χ0n) is 41.0. The van der Waals surface area contributed by atoms with E-state index in [-0.39, 0.29) is 23.0 Å². The number of nitrogens with zero attached hydrogens (tertiary/aromatic N) is 3. The van der Waals surface area contributed by atoms with Crippen LogP contribution in [0.1, 0.15) is 84.6 Å². The number of furan rings is 1. The van der Waals surface area contributed by atoms with Gasteiger partial charge in [0.1, 0.15) is 5.58 Å². The molecule has 0 spiro atoms. The Morgan fingerprint density at radius 2 is 1.06 bits per heavy atom. The van der Waals surface area contributed by atoms with E-state index in [0.29, 0.717) is 0 Å². The molecule has 2 aliphatic rings. The molecule has 10 aromatic rings. The number of anilines is 6. The molecular weight excluding hydrogens is 826 g/mol. The van der Waals surface area contributed by atoms with Crippen LogP contribution in [0, 0.1) is 6.92 Å². The lowest BCUT2D eigenvalue weighted by atomic mass is 9.33. The third kappa shape index (κ3) is 6.49. The summed E-state index contributed by atoms with van der Waals surface area (Å²) in [5.41, 5.74) is 22.5. The number of aryl methyl sites for hydroxylation is 1. The summed E-state index contributed by atoms with van der Waals surface area (Å²) < 4.78 is 9.33. The summed E-state index contributed by atoms with van der Waals surface area (Å²) in [6, 6.07) is 64.0. The van der Waals surface area contributed by atoms with Gasteiger partial charge in [-0.1, -0.05) is 165 Å². The molecule has 4 nitrogen and oxygen atoms in total. The van der Waals surface area contributed by atoms with E-state index in [1.165, 1.54) is 83.1 Å². The van der Waals surface area contributed by atoms with Crippen molar-refractivity contribution >= 4 is 90.2 Å². The molecule has 0 bridgehead atoms.